The summed E-state index contributed by atoms with van der Waals surface area (Å²) in [6.07, 6.45) is 2.53. The Labute approximate surface area is 100 Å². The number of hydrogen-bond donors (Lipinski definition) is 1. The molecule has 1 heteroatoms. The van der Waals surface area contributed by atoms with Crippen molar-refractivity contribution in [2.75, 3.05) is 7.05 Å². The lowest BCUT2D eigenvalue weighted by molar-refractivity contribution is 0.382. The summed E-state index contributed by atoms with van der Waals surface area (Å²) in [5, 5.41) is 3.46. The van der Waals surface area contributed by atoms with Gasteiger partial charge in [0.1, 0.15) is 0 Å². The third-order valence-electron chi connectivity index (χ3n) is 3.38. The van der Waals surface area contributed by atoms with E-state index < -0.39 is 0 Å². The number of rotatable bonds is 5. The average Bonchev–Trinajstić information content (AvgIpc) is 2.22. The minimum absolute atomic E-state index is 0.487. The van der Waals surface area contributed by atoms with Gasteiger partial charge in [0.05, 0.1) is 0 Å². The maximum Gasteiger partial charge on any atom is 0.0346 e. The fourth-order valence-corrected chi connectivity index (χ4v) is 2.54. The smallest absolute Gasteiger partial charge is 0.0346 e. The fourth-order valence-electron chi connectivity index (χ4n) is 2.54. The highest BCUT2D eigenvalue weighted by Gasteiger charge is 2.18. The number of nitrogens with one attached hydrogen (secondary N) is 1. The molecule has 0 heterocycles. The van der Waals surface area contributed by atoms with Gasteiger partial charge in [-0.15, -0.1) is 0 Å². The maximum atomic E-state index is 3.46. The summed E-state index contributed by atoms with van der Waals surface area (Å²) in [7, 11) is 2.07. The van der Waals surface area contributed by atoms with E-state index in [4.69, 9.17) is 0 Å². The van der Waals surface area contributed by atoms with E-state index in [-0.39, 0.29) is 0 Å². The van der Waals surface area contributed by atoms with Crippen molar-refractivity contribution in [2.24, 2.45) is 5.92 Å². The van der Waals surface area contributed by atoms with Gasteiger partial charge in [0.15, 0.2) is 0 Å². The lowest BCUT2D eigenvalue weighted by atomic mass is 9.88. The topological polar surface area (TPSA) is 12.0 Å². The SMILES string of the molecule is CCCC(C)C(NC)c1ccc(C)cc1C. The Morgan fingerprint density at radius 2 is 1.94 bits per heavy atom. The highest BCUT2D eigenvalue weighted by atomic mass is 14.9. The minimum atomic E-state index is 0.487. The monoisotopic (exact) mass is 219 g/mol. The average molecular weight is 219 g/mol. The third-order valence-corrected chi connectivity index (χ3v) is 3.38. The molecule has 1 aromatic rings. The summed E-state index contributed by atoms with van der Waals surface area (Å²) in [4.78, 5) is 0. The van der Waals surface area contributed by atoms with E-state index in [0.29, 0.717) is 12.0 Å². The normalized spacial score (nSPS) is 14.8. The predicted molar refractivity (Wildman–Crippen MR) is 71.8 cm³/mol. The molecule has 1 nitrogen and oxygen atoms in total. The van der Waals surface area contributed by atoms with Crippen LogP contribution in [0.4, 0.5) is 0 Å². The molecule has 1 aromatic carbocycles. The summed E-state index contributed by atoms with van der Waals surface area (Å²) in [5.41, 5.74) is 4.20. The van der Waals surface area contributed by atoms with Gasteiger partial charge in [0, 0.05) is 6.04 Å². The molecule has 0 aliphatic carbocycles. The zero-order valence-electron chi connectivity index (χ0n) is 11.3. The lowest BCUT2D eigenvalue weighted by Gasteiger charge is -2.25. The van der Waals surface area contributed by atoms with Crippen LogP contribution in [0.25, 0.3) is 0 Å². The van der Waals surface area contributed by atoms with Crippen molar-refractivity contribution in [3.8, 4) is 0 Å². The molecule has 0 saturated carbocycles. The molecule has 0 aliphatic rings. The third kappa shape index (κ3) is 3.08. The second kappa shape index (κ2) is 6.05. The Kier molecular flexibility index (Phi) is 5.01. The molecule has 1 rings (SSSR count). The summed E-state index contributed by atoms with van der Waals surface area (Å²) >= 11 is 0. The number of aryl methyl sites for hydroxylation is 2. The van der Waals surface area contributed by atoms with Crippen LogP contribution in [0.3, 0.4) is 0 Å². The second-order valence-electron chi connectivity index (χ2n) is 4.89. The Hall–Kier alpha value is -0.820. The first kappa shape index (κ1) is 13.2. The molecule has 1 N–H and O–H groups in total. The predicted octanol–water partition coefficient (Wildman–Crippen LogP) is 4.00. The van der Waals surface area contributed by atoms with Crippen molar-refractivity contribution in [1.29, 1.82) is 0 Å². The van der Waals surface area contributed by atoms with E-state index >= 15 is 0 Å². The second-order valence-corrected chi connectivity index (χ2v) is 4.89. The van der Waals surface area contributed by atoms with Gasteiger partial charge in [0.2, 0.25) is 0 Å². The fraction of sp³-hybridized carbons (Fsp3) is 0.600. The van der Waals surface area contributed by atoms with E-state index in [9.17, 15) is 0 Å². The molecule has 0 radical (unpaired) electrons. The van der Waals surface area contributed by atoms with Gasteiger partial charge in [-0.3, -0.25) is 0 Å². The van der Waals surface area contributed by atoms with Crippen molar-refractivity contribution in [3.63, 3.8) is 0 Å². The molecule has 0 bridgehead atoms. The first-order valence-electron chi connectivity index (χ1n) is 6.34. The van der Waals surface area contributed by atoms with Gasteiger partial charge in [-0.1, -0.05) is 44.0 Å². The van der Waals surface area contributed by atoms with Gasteiger partial charge < -0.3 is 5.32 Å². The van der Waals surface area contributed by atoms with Crippen molar-refractivity contribution in [3.05, 3.63) is 34.9 Å². The van der Waals surface area contributed by atoms with Gasteiger partial charge in [-0.2, -0.15) is 0 Å². The van der Waals surface area contributed by atoms with E-state index in [1.165, 1.54) is 29.5 Å². The molecule has 0 amide bonds. The molecule has 0 aromatic heterocycles. The largest absolute Gasteiger partial charge is 0.313 e. The lowest BCUT2D eigenvalue weighted by Crippen LogP contribution is -2.24. The highest BCUT2D eigenvalue weighted by Crippen LogP contribution is 2.27. The van der Waals surface area contributed by atoms with Crippen LogP contribution in [-0.4, -0.2) is 7.05 Å². The van der Waals surface area contributed by atoms with Crippen LogP contribution in [0.1, 0.15) is 49.4 Å². The molecule has 2 unspecified atom stereocenters. The van der Waals surface area contributed by atoms with Crippen LogP contribution >= 0.6 is 0 Å². The Morgan fingerprint density at radius 1 is 1.25 bits per heavy atom. The summed E-state index contributed by atoms with van der Waals surface area (Å²) in [5.74, 6) is 0.691. The first-order valence-corrected chi connectivity index (χ1v) is 6.34. The molecule has 0 aliphatic heterocycles. The van der Waals surface area contributed by atoms with Crippen molar-refractivity contribution < 1.29 is 0 Å². The van der Waals surface area contributed by atoms with Crippen LogP contribution in [0.15, 0.2) is 18.2 Å². The van der Waals surface area contributed by atoms with Crippen LogP contribution < -0.4 is 5.32 Å². The van der Waals surface area contributed by atoms with Crippen molar-refractivity contribution >= 4 is 0 Å². The van der Waals surface area contributed by atoms with Crippen LogP contribution in [-0.2, 0) is 0 Å². The molecule has 0 fully saturated rings. The molecule has 90 valence electrons. The van der Waals surface area contributed by atoms with E-state index in [1.54, 1.807) is 0 Å². The van der Waals surface area contributed by atoms with E-state index in [0.717, 1.165) is 0 Å². The van der Waals surface area contributed by atoms with Crippen molar-refractivity contribution in [2.45, 2.75) is 46.6 Å². The van der Waals surface area contributed by atoms with Gasteiger partial charge in [-0.05, 0) is 44.4 Å². The summed E-state index contributed by atoms with van der Waals surface area (Å²) < 4.78 is 0. The number of benzene rings is 1. The summed E-state index contributed by atoms with van der Waals surface area (Å²) in [6.45, 7) is 8.96. The molecular formula is C15H25N. The standard InChI is InChI=1S/C15H25N/c1-6-7-12(3)15(16-5)14-9-8-11(2)10-13(14)4/h8-10,12,15-16H,6-7H2,1-5H3. The zero-order valence-corrected chi connectivity index (χ0v) is 11.3. The van der Waals surface area contributed by atoms with E-state index in [1.807, 2.05) is 0 Å². The Bertz CT molecular complexity index is 330. The quantitative estimate of drug-likeness (QED) is 0.789. The Morgan fingerprint density at radius 3 is 2.44 bits per heavy atom. The first-order chi connectivity index (χ1) is 7.60. The van der Waals surface area contributed by atoms with Crippen LogP contribution in [0, 0.1) is 19.8 Å². The van der Waals surface area contributed by atoms with Gasteiger partial charge >= 0.3 is 0 Å². The maximum absolute atomic E-state index is 3.46. The molecule has 0 saturated heterocycles. The van der Waals surface area contributed by atoms with Crippen LogP contribution in [0.5, 0.6) is 0 Å². The minimum Gasteiger partial charge on any atom is -0.313 e. The summed E-state index contributed by atoms with van der Waals surface area (Å²) in [6, 6.07) is 7.25. The highest BCUT2D eigenvalue weighted by molar-refractivity contribution is 5.33. The van der Waals surface area contributed by atoms with E-state index in [2.05, 4.69) is 58.3 Å². The van der Waals surface area contributed by atoms with Crippen LogP contribution in [0.2, 0.25) is 0 Å². The molecular weight excluding hydrogens is 194 g/mol. The zero-order chi connectivity index (χ0) is 12.1. The van der Waals surface area contributed by atoms with Gasteiger partial charge in [-0.25, -0.2) is 0 Å². The van der Waals surface area contributed by atoms with Crippen molar-refractivity contribution in [1.82, 2.24) is 5.32 Å². The molecule has 2 atom stereocenters. The number of hydrogen-bond acceptors (Lipinski definition) is 1. The molecule has 0 spiro atoms. The van der Waals surface area contributed by atoms with Gasteiger partial charge in [0.25, 0.3) is 0 Å². The molecule has 16 heavy (non-hydrogen) atoms. The Balaban J connectivity index is 2.94.